The van der Waals surface area contributed by atoms with Gasteiger partial charge < -0.3 is 0 Å². The van der Waals surface area contributed by atoms with Crippen LogP contribution in [-0.4, -0.2) is 10.8 Å². The first-order chi connectivity index (χ1) is 14.7. The SMILES string of the molecule is ClC1CCC(C=CC2CCC(C3CCC(C=CC4CCC(Cl)CC4)CC3)CC2)CC1. The number of alkyl halides is 2. The van der Waals surface area contributed by atoms with Gasteiger partial charge in [-0.15, -0.1) is 23.2 Å². The molecule has 0 aromatic carbocycles. The van der Waals surface area contributed by atoms with Crippen LogP contribution in [0.5, 0.6) is 0 Å². The third kappa shape index (κ3) is 7.03. The quantitative estimate of drug-likeness (QED) is 0.288. The van der Waals surface area contributed by atoms with E-state index in [1.54, 1.807) is 0 Å². The summed E-state index contributed by atoms with van der Waals surface area (Å²) in [6, 6.07) is 0. The van der Waals surface area contributed by atoms with Gasteiger partial charge >= 0.3 is 0 Å². The van der Waals surface area contributed by atoms with Gasteiger partial charge in [-0.3, -0.25) is 0 Å². The summed E-state index contributed by atoms with van der Waals surface area (Å²) in [5, 5.41) is 0.892. The van der Waals surface area contributed by atoms with E-state index in [2.05, 4.69) is 24.3 Å². The third-order valence-corrected chi connectivity index (χ3v) is 9.89. The molecule has 0 aliphatic heterocycles. The lowest BCUT2D eigenvalue weighted by molar-refractivity contribution is 0.166. The number of hydrogen-bond acceptors (Lipinski definition) is 0. The maximum atomic E-state index is 6.26. The second kappa shape index (κ2) is 11.8. The molecule has 4 aliphatic rings. The lowest BCUT2D eigenvalue weighted by Crippen LogP contribution is -2.25. The Morgan fingerprint density at radius 1 is 0.333 bits per heavy atom. The molecule has 0 atom stereocenters. The molecule has 0 saturated heterocycles. The maximum absolute atomic E-state index is 6.26. The predicted octanol–water partition coefficient (Wildman–Crippen LogP) is 9.31. The first-order valence-corrected chi connectivity index (χ1v) is 14.2. The van der Waals surface area contributed by atoms with E-state index in [0.717, 1.165) is 35.5 Å². The summed E-state index contributed by atoms with van der Waals surface area (Å²) < 4.78 is 0. The zero-order valence-electron chi connectivity index (χ0n) is 19.0. The van der Waals surface area contributed by atoms with Gasteiger partial charge in [0.05, 0.1) is 0 Å². The standard InChI is InChI=1S/C28H44Cl2/c29-27-17-9-23(10-18-27)3-1-21-5-13-25(14-6-21)26-15-7-22(8-16-26)2-4-24-11-19-28(30)20-12-24/h1-4,21-28H,5-20H2. The Balaban J connectivity index is 1.12. The van der Waals surface area contributed by atoms with Crippen molar-refractivity contribution >= 4 is 23.2 Å². The Morgan fingerprint density at radius 2 is 0.567 bits per heavy atom. The lowest BCUT2D eigenvalue weighted by atomic mass is 9.69. The summed E-state index contributed by atoms with van der Waals surface area (Å²) in [5.41, 5.74) is 0. The van der Waals surface area contributed by atoms with E-state index in [1.807, 2.05) is 0 Å². The molecule has 4 rings (SSSR count). The normalized spacial score (nSPS) is 43.9. The highest BCUT2D eigenvalue weighted by Gasteiger charge is 2.30. The lowest BCUT2D eigenvalue weighted by Gasteiger charge is -2.37. The minimum absolute atomic E-state index is 0.446. The largest absolute Gasteiger partial charge is 0.123 e. The molecule has 0 heterocycles. The van der Waals surface area contributed by atoms with Crippen LogP contribution in [0.4, 0.5) is 0 Å². The van der Waals surface area contributed by atoms with E-state index in [1.165, 1.54) is 103 Å². The molecule has 0 aromatic rings. The fraction of sp³-hybridized carbons (Fsp3) is 0.857. The Hall–Kier alpha value is 0.0600. The Kier molecular flexibility index (Phi) is 9.13. The summed E-state index contributed by atoms with van der Waals surface area (Å²) in [7, 11) is 0. The molecule has 0 radical (unpaired) electrons. The third-order valence-electron chi connectivity index (χ3n) is 9.01. The van der Waals surface area contributed by atoms with E-state index in [-0.39, 0.29) is 0 Å². The van der Waals surface area contributed by atoms with Crippen molar-refractivity contribution in [2.75, 3.05) is 0 Å². The van der Waals surface area contributed by atoms with Crippen molar-refractivity contribution in [2.45, 2.75) is 113 Å². The molecule has 0 unspecified atom stereocenters. The highest BCUT2D eigenvalue weighted by molar-refractivity contribution is 6.20. The van der Waals surface area contributed by atoms with Crippen molar-refractivity contribution < 1.29 is 0 Å². The van der Waals surface area contributed by atoms with Crippen molar-refractivity contribution in [3.8, 4) is 0 Å². The zero-order chi connectivity index (χ0) is 20.8. The van der Waals surface area contributed by atoms with Gasteiger partial charge in [0.1, 0.15) is 0 Å². The van der Waals surface area contributed by atoms with Crippen LogP contribution >= 0.6 is 23.2 Å². The second-order valence-corrected chi connectivity index (χ2v) is 12.4. The maximum Gasteiger partial charge on any atom is 0.0336 e. The Labute approximate surface area is 196 Å². The highest BCUT2D eigenvalue weighted by Crippen LogP contribution is 2.42. The smallest absolute Gasteiger partial charge is 0.0336 e. The molecule has 4 saturated carbocycles. The number of allylic oxidation sites excluding steroid dienone is 4. The average molecular weight is 452 g/mol. The summed E-state index contributed by atoms with van der Waals surface area (Å²) >= 11 is 12.5. The first kappa shape index (κ1) is 23.2. The number of hydrogen-bond donors (Lipinski definition) is 0. The first-order valence-electron chi connectivity index (χ1n) is 13.3. The molecule has 0 nitrogen and oxygen atoms in total. The molecule has 4 fully saturated rings. The van der Waals surface area contributed by atoms with Gasteiger partial charge in [-0.25, -0.2) is 0 Å². The molecule has 0 bridgehead atoms. The van der Waals surface area contributed by atoms with Gasteiger partial charge in [-0.2, -0.15) is 0 Å². The van der Waals surface area contributed by atoms with Crippen molar-refractivity contribution in [3.63, 3.8) is 0 Å². The molecule has 30 heavy (non-hydrogen) atoms. The van der Waals surface area contributed by atoms with Gasteiger partial charge in [0.25, 0.3) is 0 Å². The molecule has 0 spiro atoms. The Bertz CT molecular complexity index is 485. The topological polar surface area (TPSA) is 0 Å². The average Bonchev–Trinajstić information content (AvgIpc) is 2.79. The molecular formula is C28H44Cl2. The van der Waals surface area contributed by atoms with Crippen LogP contribution in [0.1, 0.15) is 103 Å². The second-order valence-electron chi connectivity index (χ2n) is 11.1. The predicted molar refractivity (Wildman–Crippen MR) is 132 cm³/mol. The van der Waals surface area contributed by atoms with E-state index >= 15 is 0 Å². The molecule has 2 heteroatoms. The molecule has 0 aromatic heterocycles. The number of rotatable bonds is 5. The van der Waals surface area contributed by atoms with Crippen LogP contribution in [0.15, 0.2) is 24.3 Å². The molecular weight excluding hydrogens is 407 g/mol. The van der Waals surface area contributed by atoms with Crippen LogP contribution in [0.25, 0.3) is 0 Å². The van der Waals surface area contributed by atoms with Crippen LogP contribution in [0, 0.1) is 35.5 Å². The molecule has 170 valence electrons. The fourth-order valence-electron chi connectivity index (χ4n) is 6.79. The van der Waals surface area contributed by atoms with E-state index < -0.39 is 0 Å². The van der Waals surface area contributed by atoms with Crippen molar-refractivity contribution in [2.24, 2.45) is 35.5 Å². The summed E-state index contributed by atoms with van der Waals surface area (Å²) in [5.74, 6) is 5.38. The van der Waals surface area contributed by atoms with Crippen LogP contribution in [0.3, 0.4) is 0 Å². The van der Waals surface area contributed by atoms with Gasteiger partial charge in [-0.1, -0.05) is 24.3 Å². The van der Waals surface area contributed by atoms with Gasteiger partial charge in [0.2, 0.25) is 0 Å². The highest BCUT2D eigenvalue weighted by atomic mass is 35.5. The van der Waals surface area contributed by atoms with Gasteiger partial charge in [0, 0.05) is 10.8 Å². The van der Waals surface area contributed by atoms with Crippen molar-refractivity contribution in [3.05, 3.63) is 24.3 Å². The van der Waals surface area contributed by atoms with Gasteiger partial charge in [-0.05, 0) is 138 Å². The van der Waals surface area contributed by atoms with Crippen LogP contribution < -0.4 is 0 Å². The Morgan fingerprint density at radius 3 is 0.833 bits per heavy atom. The molecule has 0 amide bonds. The summed E-state index contributed by atoms with van der Waals surface area (Å²) in [6.07, 6.45) is 32.1. The minimum atomic E-state index is 0.446. The zero-order valence-corrected chi connectivity index (χ0v) is 20.5. The number of halogens is 2. The van der Waals surface area contributed by atoms with E-state index in [4.69, 9.17) is 23.2 Å². The monoisotopic (exact) mass is 450 g/mol. The fourth-order valence-corrected chi connectivity index (χ4v) is 7.29. The molecule has 4 aliphatic carbocycles. The molecule has 0 N–H and O–H groups in total. The summed E-state index contributed by atoms with van der Waals surface area (Å²) in [4.78, 5) is 0. The van der Waals surface area contributed by atoms with Gasteiger partial charge in [0.15, 0.2) is 0 Å². The minimum Gasteiger partial charge on any atom is -0.123 e. The van der Waals surface area contributed by atoms with Crippen molar-refractivity contribution in [1.29, 1.82) is 0 Å². The van der Waals surface area contributed by atoms with Crippen LogP contribution in [0.2, 0.25) is 0 Å². The van der Waals surface area contributed by atoms with Crippen LogP contribution in [-0.2, 0) is 0 Å². The summed E-state index contributed by atoms with van der Waals surface area (Å²) in [6.45, 7) is 0. The van der Waals surface area contributed by atoms with E-state index in [9.17, 15) is 0 Å². The van der Waals surface area contributed by atoms with Crippen molar-refractivity contribution in [1.82, 2.24) is 0 Å². The van der Waals surface area contributed by atoms with E-state index in [0.29, 0.717) is 10.8 Å².